The van der Waals surface area contributed by atoms with Crippen molar-refractivity contribution in [1.82, 2.24) is 19.1 Å². The van der Waals surface area contributed by atoms with Crippen LogP contribution in [0.2, 0.25) is 0 Å². The van der Waals surface area contributed by atoms with Crippen molar-refractivity contribution in [3.8, 4) is 0 Å². The molecule has 0 amide bonds. The summed E-state index contributed by atoms with van der Waals surface area (Å²) in [7, 11) is 0. The zero-order chi connectivity index (χ0) is 19.7. The molecule has 4 aromatic rings. The fraction of sp³-hybridized carbons (Fsp3) is 0.143. The van der Waals surface area contributed by atoms with Crippen molar-refractivity contribution in [3.05, 3.63) is 104 Å². The Balaban J connectivity index is 1.89. The molecule has 0 spiro atoms. The molecule has 0 N–H and O–H groups in total. The summed E-state index contributed by atoms with van der Waals surface area (Å²) in [6, 6.07) is 13.5. The fourth-order valence-electron chi connectivity index (χ4n) is 3.18. The number of nitrogens with zero attached hydrogens (tertiary/aromatic N) is 4. The van der Waals surface area contributed by atoms with E-state index >= 15 is 0 Å². The number of halogens is 1. The lowest BCUT2D eigenvalue weighted by Gasteiger charge is -2.13. The third-order valence-electron chi connectivity index (χ3n) is 4.52. The van der Waals surface area contributed by atoms with Crippen molar-refractivity contribution in [2.45, 2.75) is 20.0 Å². The Labute approximate surface area is 159 Å². The second-order valence-corrected chi connectivity index (χ2v) is 6.60. The van der Waals surface area contributed by atoms with Crippen LogP contribution < -0.4 is 11.2 Å². The van der Waals surface area contributed by atoms with E-state index in [1.807, 2.05) is 31.2 Å². The van der Waals surface area contributed by atoms with Crippen molar-refractivity contribution in [1.29, 1.82) is 0 Å². The number of hydrogen-bond donors (Lipinski definition) is 0. The molecule has 6 nitrogen and oxygen atoms in total. The molecule has 0 bridgehead atoms. The van der Waals surface area contributed by atoms with E-state index in [4.69, 9.17) is 0 Å². The van der Waals surface area contributed by atoms with Crippen LogP contribution in [0, 0.1) is 12.7 Å². The largest absolute Gasteiger partial charge is 0.333 e. The van der Waals surface area contributed by atoms with Gasteiger partial charge in [-0.3, -0.25) is 13.9 Å². The first-order valence-corrected chi connectivity index (χ1v) is 8.77. The number of hydrogen-bond acceptors (Lipinski definition) is 4. The van der Waals surface area contributed by atoms with Gasteiger partial charge in [0.05, 0.1) is 13.1 Å². The Morgan fingerprint density at radius 1 is 0.893 bits per heavy atom. The first-order chi connectivity index (χ1) is 13.5. The molecule has 0 radical (unpaired) electrons. The second kappa shape index (κ2) is 7.19. The summed E-state index contributed by atoms with van der Waals surface area (Å²) in [5, 5.41) is 0. The van der Waals surface area contributed by atoms with Gasteiger partial charge >= 0.3 is 5.69 Å². The van der Waals surface area contributed by atoms with Crippen molar-refractivity contribution >= 4 is 11.2 Å². The van der Waals surface area contributed by atoms with Gasteiger partial charge < -0.3 is 0 Å². The molecule has 0 atom stereocenters. The Kier molecular flexibility index (Phi) is 4.57. The van der Waals surface area contributed by atoms with Crippen molar-refractivity contribution < 1.29 is 4.39 Å². The minimum Gasteiger partial charge on any atom is -0.272 e. The molecule has 0 aliphatic carbocycles. The van der Waals surface area contributed by atoms with Gasteiger partial charge in [0.1, 0.15) is 5.82 Å². The maximum absolute atomic E-state index is 13.2. The molecular weight excluding hydrogens is 359 g/mol. The van der Waals surface area contributed by atoms with Gasteiger partial charge in [-0.25, -0.2) is 19.2 Å². The van der Waals surface area contributed by atoms with Crippen molar-refractivity contribution in [3.63, 3.8) is 0 Å². The van der Waals surface area contributed by atoms with Crippen LogP contribution in [0.5, 0.6) is 0 Å². The highest BCUT2D eigenvalue weighted by Gasteiger charge is 2.15. The Bertz CT molecular complexity index is 1280. The Morgan fingerprint density at radius 2 is 1.61 bits per heavy atom. The maximum Gasteiger partial charge on any atom is 0.333 e. The monoisotopic (exact) mass is 376 g/mol. The van der Waals surface area contributed by atoms with Crippen molar-refractivity contribution in [2.75, 3.05) is 0 Å². The van der Waals surface area contributed by atoms with Crippen LogP contribution in [0.4, 0.5) is 4.39 Å². The van der Waals surface area contributed by atoms with Crippen LogP contribution in [0.3, 0.4) is 0 Å². The van der Waals surface area contributed by atoms with Crippen LogP contribution >= 0.6 is 0 Å². The summed E-state index contributed by atoms with van der Waals surface area (Å²) in [5.41, 5.74) is 2.00. The summed E-state index contributed by atoms with van der Waals surface area (Å²) in [5.74, 6) is -0.377. The van der Waals surface area contributed by atoms with Crippen LogP contribution in [0.1, 0.15) is 16.7 Å². The molecule has 0 aliphatic heterocycles. The molecule has 7 heteroatoms. The van der Waals surface area contributed by atoms with Gasteiger partial charge in [-0.1, -0.05) is 42.0 Å². The molecule has 0 unspecified atom stereocenters. The first-order valence-electron chi connectivity index (χ1n) is 8.77. The van der Waals surface area contributed by atoms with E-state index in [2.05, 4.69) is 9.97 Å². The zero-order valence-corrected chi connectivity index (χ0v) is 15.2. The average Bonchev–Trinajstić information content (AvgIpc) is 2.70. The summed E-state index contributed by atoms with van der Waals surface area (Å²) in [6.07, 6.45) is 2.88. The number of aromatic nitrogens is 4. The van der Waals surface area contributed by atoms with Gasteiger partial charge in [-0.15, -0.1) is 0 Å². The first kappa shape index (κ1) is 17.8. The standard InChI is InChI=1S/C21H17FN4O2/c1-14-3-2-4-16(11-14)13-25-19-18(23-9-10-24-19)20(27)26(21(25)28)12-15-5-7-17(22)8-6-15/h2-11H,12-13H2,1H3. The topological polar surface area (TPSA) is 69.8 Å². The normalized spacial score (nSPS) is 11.1. The highest BCUT2D eigenvalue weighted by atomic mass is 19.1. The van der Waals surface area contributed by atoms with Crippen LogP contribution in [-0.4, -0.2) is 19.1 Å². The van der Waals surface area contributed by atoms with Gasteiger partial charge in [-0.05, 0) is 30.2 Å². The Hall–Kier alpha value is -3.61. The van der Waals surface area contributed by atoms with Gasteiger partial charge in [0.25, 0.3) is 5.56 Å². The Morgan fingerprint density at radius 3 is 2.36 bits per heavy atom. The summed E-state index contributed by atoms with van der Waals surface area (Å²) in [4.78, 5) is 34.4. The molecule has 0 fully saturated rings. The third-order valence-corrected chi connectivity index (χ3v) is 4.52. The molecule has 2 heterocycles. The predicted octanol–water partition coefficient (Wildman–Crippen LogP) is 2.50. The van der Waals surface area contributed by atoms with Crippen LogP contribution in [-0.2, 0) is 13.1 Å². The molecule has 4 rings (SSSR count). The number of rotatable bonds is 4. The number of fused-ring (bicyclic) bond motifs is 1. The molecule has 0 aliphatic rings. The van der Waals surface area contributed by atoms with E-state index in [0.29, 0.717) is 5.56 Å². The van der Waals surface area contributed by atoms with Gasteiger partial charge in [0.2, 0.25) is 0 Å². The van der Waals surface area contributed by atoms with E-state index in [-0.39, 0.29) is 30.1 Å². The third kappa shape index (κ3) is 3.34. The summed E-state index contributed by atoms with van der Waals surface area (Å²) >= 11 is 0. The minimum atomic E-state index is -0.516. The van der Waals surface area contributed by atoms with Gasteiger partial charge in [0.15, 0.2) is 11.2 Å². The van der Waals surface area contributed by atoms with Crippen LogP contribution in [0.25, 0.3) is 11.2 Å². The number of aryl methyl sites for hydroxylation is 1. The van der Waals surface area contributed by atoms with Crippen LogP contribution in [0.15, 0.2) is 70.5 Å². The lowest BCUT2D eigenvalue weighted by Crippen LogP contribution is -2.41. The average molecular weight is 376 g/mol. The van der Waals surface area contributed by atoms with Gasteiger partial charge in [0, 0.05) is 12.4 Å². The lowest BCUT2D eigenvalue weighted by atomic mass is 10.1. The smallest absolute Gasteiger partial charge is 0.272 e. The zero-order valence-electron chi connectivity index (χ0n) is 15.2. The second-order valence-electron chi connectivity index (χ2n) is 6.60. The minimum absolute atomic E-state index is 0.0261. The highest BCUT2D eigenvalue weighted by molar-refractivity contribution is 5.68. The fourth-order valence-corrected chi connectivity index (χ4v) is 3.18. The molecule has 2 aromatic carbocycles. The van der Waals surface area contributed by atoms with E-state index in [1.165, 1.54) is 29.1 Å². The molecular formula is C21H17FN4O2. The van der Waals surface area contributed by atoms with Gasteiger partial charge in [-0.2, -0.15) is 0 Å². The SMILES string of the molecule is Cc1cccc(Cn2c(=O)n(Cc3ccc(F)cc3)c(=O)c3nccnc32)c1. The molecule has 0 saturated carbocycles. The predicted molar refractivity (Wildman–Crippen MR) is 104 cm³/mol. The van der Waals surface area contributed by atoms with Crippen molar-refractivity contribution in [2.24, 2.45) is 0 Å². The lowest BCUT2D eigenvalue weighted by molar-refractivity contribution is 0.617. The van der Waals surface area contributed by atoms with E-state index < -0.39 is 11.2 Å². The van der Waals surface area contributed by atoms with E-state index in [0.717, 1.165) is 15.7 Å². The molecule has 2 aromatic heterocycles. The maximum atomic E-state index is 13.2. The summed E-state index contributed by atoms with van der Waals surface area (Å²) < 4.78 is 15.7. The van der Waals surface area contributed by atoms with E-state index in [1.54, 1.807) is 12.1 Å². The molecule has 140 valence electrons. The quantitative estimate of drug-likeness (QED) is 0.549. The molecule has 0 saturated heterocycles. The molecule has 28 heavy (non-hydrogen) atoms. The highest BCUT2D eigenvalue weighted by Crippen LogP contribution is 2.09. The summed E-state index contributed by atoms with van der Waals surface area (Å²) in [6.45, 7) is 2.26. The number of benzene rings is 2. The van der Waals surface area contributed by atoms with E-state index in [9.17, 15) is 14.0 Å².